The third-order valence-corrected chi connectivity index (χ3v) is 5.13. The molecule has 0 fully saturated rings. The molecule has 33 heavy (non-hydrogen) atoms. The second kappa shape index (κ2) is 11.2. The first-order valence-electron chi connectivity index (χ1n) is 9.65. The third kappa shape index (κ3) is 6.59. The number of carbonyl (C=O) groups excluding carboxylic acids is 2. The van der Waals surface area contributed by atoms with Crippen LogP contribution < -0.4 is 14.4 Å². The number of ether oxygens (including phenoxy) is 3. The average Bonchev–Trinajstić information content (AvgIpc) is 3.25. The van der Waals surface area contributed by atoms with Gasteiger partial charge in [0.1, 0.15) is 18.1 Å². The molecule has 0 N–H and O–H groups in total. The molecule has 0 aliphatic heterocycles. The summed E-state index contributed by atoms with van der Waals surface area (Å²) in [5, 5.41) is 2.11. The Kier molecular flexibility index (Phi) is 8.09. The van der Waals surface area contributed by atoms with Crippen molar-refractivity contribution >= 4 is 40.1 Å². The Morgan fingerprint density at radius 2 is 1.88 bits per heavy atom. The number of rotatable bonds is 9. The van der Waals surface area contributed by atoms with E-state index in [1.54, 1.807) is 29.6 Å². The van der Waals surface area contributed by atoms with Crippen molar-refractivity contribution < 1.29 is 32.6 Å². The fraction of sp³-hybridized carbons (Fsp3) is 0.174. The van der Waals surface area contributed by atoms with Crippen molar-refractivity contribution in [2.24, 2.45) is 0 Å². The van der Waals surface area contributed by atoms with Crippen LogP contribution in [0.3, 0.4) is 0 Å². The van der Waals surface area contributed by atoms with Gasteiger partial charge >= 0.3 is 12.6 Å². The van der Waals surface area contributed by atoms with E-state index in [-0.39, 0.29) is 18.3 Å². The highest BCUT2D eigenvalue weighted by Crippen LogP contribution is 2.35. The van der Waals surface area contributed by atoms with Gasteiger partial charge in [-0.2, -0.15) is 8.78 Å². The van der Waals surface area contributed by atoms with E-state index in [1.165, 1.54) is 66.7 Å². The zero-order valence-corrected chi connectivity index (χ0v) is 18.6. The zero-order chi connectivity index (χ0) is 23.8. The number of hydrogen-bond donors (Lipinski definition) is 0. The molecule has 0 saturated heterocycles. The van der Waals surface area contributed by atoms with Crippen LogP contribution in [-0.2, 0) is 20.9 Å². The van der Waals surface area contributed by atoms with E-state index in [9.17, 15) is 18.4 Å². The Bertz CT molecular complexity index is 1130. The van der Waals surface area contributed by atoms with Gasteiger partial charge < -0.3 is 14.2 Å². The molecule has 3 aromatic rings. The smallest absolute Gasteiger partial charge is 0.387 e. The number of para-hydroxylation sites is 2. The zero-order valence-electron chi connectivity index (χ0n) is 17.7. The molecule has 10 heteroatoms. The van der Waals surface area contributed by atoms with Crippen LogP contribution in [0.15, 0.2) is 60.0 Å². The van der Waals surface area contributed by atoms with Gasteiger partial charge in [-0.1, -0.05) is 24.3 Å². The number of methoxy groups -OCH3 is 1. The van der Waals surface area contributed by atoms with Gasteiger partial charge in [0.05, 0.1) is 18.5 Å². The maximum absolute atomic E-state index is 12.3. The minimum atomic E-state index is -2.90. The number of halogens is 2. The Labute approximate surface area is 192 Å². The van der Waals surface area contributed by atoms with Gasteiger partial charge in [0.15, 0.2) is 5.13 Å². The summed E-state index contributed by atoms with van der Waals surface area (Å²) in [6.07, 6.45) is 2.70. The van der Waals surface area contributed by atoms with Crippen LogP contribution in [0.1, 0.15) is 18.2 Å². The Morgan fingerprint density at radius 3 is 2.55 bits per heavy atom. The van der Waals surface area contributed by atoms with Gasteiger partial charge in [0.2, 0.25) is 5.91 Å². The van der Waals surface area contributed by atoms with Crippen molar-refractivity contribution in [1.82, 2.24) is 4.98 Å². The van der Waals surface area contributed by atoms with Crippen LogP contribution in [0.2, 0.25) is 0 Å². The molecule has 0 bridgehead atoms. The summed E-state index contributed by atoms with van der Waals surface area (Å²) in [5.74, 6) is -0.303. The molecule has 1 aromatic heterocycles. The molecule has 1 amide bonds. The van der Waals surface area contributed by atoms with Crippen molar-refractivity contribution in [2.45, 2.75) is 20.1 Å². The molecule has 0 unspecified atom stereocenters. The molecule has 0 spiro atoms. The number of anilines is 2. The van der Waals surface area contributed by atoms with Crippen LogP contribution in [0, 0.1) is 0 Å². The van der Waals surface area contributed by atoms with Crippen molar-refractivity contribution in [3.05, 3.63) is 71.2 Å². The number of hydrogen-bond acceptors (Lipinski definition) is 7. The Hall–Kier alpha value is -3.79. The molecule has 7 nitrogen and oxygen atoms in total. The second-order valence-electron chi connectivity index (χ2n) is 6.54. The van der Waals surface area contributed by atoms with E-state index in [4.69, 9.17) is 9.47 Å². The van der Waals surface area contributed by atoms with Crippen LogP contribution >= 0.6 is 11.3 Å². The predicted octanol–water partition coefficient (Wildman–Crippen LogP) is 5.19. The lowest BCUT2D eigenvalue weighted by atomic mass is 10.2. The Morgan fingerprint density at radius 1 is 1.15 bits per heavy atom. The molecule has 0 aliphatic carbocycles. The first kappa shape index (κ1) is 23.9. The minimum absolute atomic E-state index is 0.0248. The van der Waals surface area contributed by atoms with E-state index in [0.717, 1.165) is 0 Å². The number of esters is 1. The van der Waals surface area contributed by atoms with Crippen LogP contribution in [-0.4, -0.2) is 30.6 Å². The first-order valence-corrected chi connectivity index (χ1v) is 10.5. The third-order valence-electron chi connectivity index (χ3n) is 4.25. The van der Waals surface area contributed by atoms with E-state index in [2.05, 4.69) is 9.72 Å². The lowest BCUT2D eigenvalue weighted by Gasteiger charge is -2.20. The van der Waals surface area contributed by atoms with Gasteiger partial charge in [0, 0.05) is 18.4 Å². The standard InChI is InChI=1S/C23H20F2N2O5S/c1-15(28)27(19-5-3-4-6-20(19)30-2)23-26-17(14-33-23)13-31-21(29)12-9-16-7-10-18(11-8-16)32-22(24)25/h3-12,14,22H,13H2,1-2H3/b12-9+. The number of carbonyl (C=O) groups is 2. The van der Waals surface area contributed by atoms with Crippen LogP contribution in [0.4, 0.5) is 19.6 Å². The molecule has 172 valence electrons. The highest BCUT2D eigenvalue weighted by molar-refractivity contribution is 7.14. The molecule has 2 aromatic carbocycles. The largest absolute Gasteiger partial charge is 0.495 e. The van der Waals surface area contributed by atoms with E-state index >= 15 is 0 Å². The molecule has 3 rings (SSSR count). The van der Waals surface area contributed by atoms with E-state index in [1.807, 2.05) is 0 Å². The number of amides is 1. The number of alkyl halides is 2. The highest BCUT2D eigenvalue weighted by atomic mass is 32.1. The number of thiazole rings is 1. The Balaban J connectivity index is 1.61. The van der Waals surface area contributed by atoms with Gasteiger partial charge in [-0.15, -0.1) is 11.3 Å². The summed E-state index contributed by atoms with van der Waals surface area (Å²) < 4.78 is 39.2. The van der Waals surface area contributed by atoms with Gasteiger partial charge in [-0.3, -0.25) is 9.69 Å². The molecule has 0 atom stereocenters. The van der Waals surface area contributed by atoms with E-state index < -0.39 is 12.6 Å². The maximum Gasteiger partial charge on any atom is 0.387 e. The maximum atomic E-state index is 12.3. The topological polar surface area (TPSA) is 78.0 Å². The fourth-order valence-corrected chi connectivity index (χ4v) is 3.67. The normalized spacial score (nSPS) is 10.9. The summed E-state index contributed by atoms with van der Waals surface area (Å²) in [7, 11) is 1.52. The molecule has 0 radical (unpaired) electrons. The van der Waals surface area contributed by atoms with Crippen molar-refractivity contribution in [2.75, 3.05) is 12.0 Å². The summed E-state index contributed by atoms with van der Waals surface area (Å²) in [4.78, 5) is 30.1. The molecule has 0 aliphatic rings. The van der Waals surface area contributed by atoms with Crippen LogP contribution in [0.25, 0.3) is 6.08 Å². The lowest BCUT2D eigenvalue weighted by molar-refractivity contribution is -0.139. The monoisotopic (exact) mass is 474 g/mol. The summed E-state index contributed by atoms with van der Waals surface area (Å²) in [5.41, 5.74) is 1.64. The lowest BCUT2D eigenvalue weighted by Crippen LogP contribution is -2.23. The van der Waals surface area contributed by atoms with Crippen LogP contribution in [0.5, 0.6) is 11.5 Å². The van der Waals surface area contributed by atoms with Gasteiger partial charge in [-0.25, -0.2) is 9.78 Å². The quantitative estimate of drug-likeness (QED) is 0.314. The summed E-state index contributed by atoms with van der Waals surface area (Å²) in [6.45, 7) is -1.56. The molecule has 0 saturated carbocycles. The van der Waals surface area contributed by atoms with Gasteiger partial charge in [0.25, 0.3) is 0 Å². The second-order valence-corrected chi connectivity index (χ2v) is 7.37. The number of benzene rings is 2. The molecule has 1 heterocycles. The summed E-state index contributed by atoms with van der Waals surface area (Å²) >= 11 is 1.23. The fourth-order valence-electron chi connectivity index (χ4n) is 2.80. The first-order chi connectivity index (χ1) is 15.9. The molecular weight excluding hydrogens is 454 g/mol. The van der Waals surface area contributed by atoms with Crippen molar-refractivity contribution in [1.29, 1.82) is 0 Å². The van der Waals surface area contributed by atoms with Gasteiger partial charge in [-0.05, 0) is 35.9 Å². The highest BCUT2D eigenvalue weighted by Gasteiger charge is 2.21. The van der Waals surface area contributed by atoms with Crippen molar-refractivity contribution in [3.8, 4) is 11.5 Å². The van der Waals surface area contributed by atoms with Crippen molar-refractivity contribution in [3.63, 3.8) is 0 Å². The number of nitrogens with zero attached hydrogens (tertiary/aromatic N) is 2. The molecular formula is C23H20F2N2O5S. The summed E-state index contributed by atoms with van der Waals surface area (Å²) in [6, 6.07) is 12.9. The minimum Gasteiger partial charge on any atom is -0.495 e. The predicted molar refractivity (Wildman–Crippen MR) is 120 cm³/mol. The van der Waals surface area contributed by atoms with E-state index in [0.29, 0.717) is 27.8 Å². The number of aromatic nitrogens is 1. The average molecular weight is 474 g/mol. The SMILES string of the molecule is COc1ccccc1N(C(C)=O)c1nc(COC(=O)/C=C/c2ccc(OC(F)F)cc2)cs1.